The number of carbonyl (C=O) groups excluding carboxylic acids is 1. The highest BCUT2D eigenvalue weighted by molar-refractivity contribution is 6.04. The summed E-state index contributed by atoms with van der Waals surface area (Å²) in [5.41, 5.74) is 6.62. The quantitative estimate of drug-likeness (QED) is 0.633. The molecule has 6 heteroatoms. The van der Waals surface area contributed by atoms with Crippen molar-refractivity contribution in [1.29, 1.82) is 0 Å². The normalized spacial score (nSPS) is 16.4. The molecule has 6 nitrogen and oxygen atoms in total. The number of rotatable bonds is 5. The molecule has 0 unspecified atom stereocenters. The van der Waals surface area contributed by atoms with Gasteiger partial charge in [0.15, 0.2) is 11.5 Å². The first-order chi connectivity index (χ1) is 10.7. The fourth-order valence-corrected chi connectivity index (χ4v) is 2.45. The first kappa shape index (κ1) is 16.3. The number of hydrogen-bond acceptors (Lipinski definition) is 4. The van der Waals surface area contributed by atoms with Gasteiger partial charge in [-0.25, -0.2) is 0 Å². The summed E-state index contributed by atoms with van der Waals surface area (Å²) in [6.45, 7) is 4.15. The molecule has 0 atom stereocenters. The standard InChI is InChI=1S/C16H23N3O3/c1-3-22-13-5-4-12(10-14(13)21-2)15(17)19-16(20)11-6-8-18-9-7-11/h4-5,10-11,18H,3,6-9H2,1-2H3,(H2,17,19,20). The van der Waals surface area contributed by atoms with Crippen molar-refractivity contribution < 1.29 is 14.3 Å². The molecule has 1 aliphatic heterocycles. The van der Waals surface area contributed by atoms with Gasteiger partial charge >= 0.3 is 0 Å². The Balaban J connectivity index is 2.15. The minimum absolute atomic E-state index is 0.0376. The van der Waals surface area contributed by atoms with Crippen LogP contribution in [-0.4, -0.2) is 38.5 Å². The number of aliphatic imine (C=N–C) groups is 1. The largest absolute Gasteiger partial charge is 0.493 e. The summed E-state index contributed by atoms with van der Waals surface area (Å²) < 4.78 is 10.7. The minimum Gasteiger partial charge on any atom is -0.493 e. The first-order valence-corrected chi connectivity index (χ1v) is 7.55. The van der Waals surface area contributed by atoms with E-state index in [1.807, 2.05) is 6.92 Å². The van der Waals surface area contributed by atoms with E-state index in [0.717, 1.165) is 25.9 Å². The second-order valence-electron chi connectivity index (χ2n) is 5.16. The molecule has 1 aliphatic rings. The summed E-state index contributed by atoms with van der Waals surface area (Å²) in [7, 11) is 1.56. The second-order valence-corrected chi connectivity index (χ2v) is 5.16. The van der Waals surface area contributed by atoms with Crippen molar-refractivity contribution in [2.45, 2.75) is 19.8 Å². The highest BCUT2D eigenvalue weighted by Gasteiger charge is 2.21. The molecular formula is C16H23N3O3. The van der Waals surface area contributed by atoms with Gasteiger partial charge in [-0.15, -0.1) is 0 Å². The maximum Gasteiger partial charge on any atom is 0.250 e. The lowest BCUT2D eigenvalue weighted by Crippen LogP contribution is -2.32. The molecule has 0 aromatic heterocycles. The van der Waals surface area contributed by atoms with Crippen LogP contribution >= 0.6 is 0 Å². The maximum atomic E-state index is 12.2. The zero-order valence-corrected chi connectivity index (χ0v) is 13.1. The molecule has 0 spiro atoms. The van der Waals surface area contributed by atoms with Crippen molar-refractivity contribution in [3.8, 4) is 11.5 Å². The number of nitrogens with one attached hydrogen (secondary N) is 1. The van der Waals surface area contributed by atoms with Crippen molar-refractivity contribution in [2.75, 3.05) is 26.8 Å². The molecule has 1 aromatic rings. The lowest BCUT2D eigenvalue weighted by molar-refractivity contribution is -0.122. The number of ether oxygens (including phenoxy) is 2. The molecule has 1 aromatic carbocycles. The third kappa shape index (κ3) is 3.98. The second kappa shape index (κ2) is 7.79. The first-order valence-electron chi connectivity index (χ1n) is 7.55. The van der Waals surface area contributed by atoms with Gasteiger partial charge in [0.2, 0.25) is 0 Å². The van der Waals surface area contributed by atoms with E-state index in [-0.39, 0.29) is 17.7 Å². The molecule has 3 N–H and O–H groups in total. The molecule has 1 saturated heterocycles. The fraction of sp³-hybridized carbons (Fsp3) is 0.500. The van der Waals surface area contributed by atoms with Gasteiger partial charge in [0.25, 0.3) is 5.91 Å². The van der Waals surface area contributed by atoms with E-state index in [1.165, 1.54) is 0 Å². The zero-order chi connectivity index (χ0) is 15.9. The number of benzene rings is 1. The number of amides is 1. The van der Waals surface area contributed by atoms with Crippen LogP contribution < -0.4 is 20.5 Å². The Morgan fingerprint density at radius 3 is 2.73 bits per heavy atom. The maximum absolute atomic E-state index is 12.2. The van der Waals surface area contributed by atoms with Gasteiger partial charge in [-0.2, -0.15) is 4.99 Å². The van der Waals surface area contributed by atoms with Gasteiger partial charge < -0.3 is 20.5 Å². The number of piperidine rings is 1. The smallest absolute Gasteiger partial charge is 0.250 e. The fourth-order valence-electron chi connectivity index (χ4n) is 2.45. The summed E-state index contributed by atoms with van der Waals surface area (Å²) in [5, 5.41) is 3.23. The van der Waals surface area contributed by atoms with Crippen LogP contribution in [0.4, 0.5) is 0 Å². The lowest BCUT2D eigenvalue weighted by Gasteiger charge is -2.19. The van der Waals surface area contributed by atoms with Gasteiger partial charge in [0.1, 0.15) is 5.84 Å². The van der Waals surface area contributed by atoms with E-state index >= 15 is 0 Å². The van der Waals surface area contributed by atoms with E-state index < -0.39 is 0 Å². The third-order valence-electron chi connectivity index (χ3n) is 3.68. The highest BCUT2D eigenvalue weighted by Crippen LogP contribution is 2.28. The Morgan fingerprint density at radius 2 is 2.09 bits per heavy atom. The number of amidine groups is 1. The molecule has 1 fully saturated rings. The highest BCUT2D eigenvalue weighted by atomic mass is 16.5. The van der Waals surface area contributed by atoms with Crippen LogP contribution in [0.15, 0.2) is 23.2 Å². The van der Waals surface area contributed by atoms with Gasteiger partial charge in [0, 0.05) is 11.5 Å². The van der Waals surface area contributed by atoms with Crippen LogP contribution in [0.5, 0.6) is 11.5 Å². The van der Waals surface area contributed by atoms with Crippen molar-refractivity contribution in [1.82, 2.24) is 5.32 Å². The number of methoxy groups -OCH3 is 1. The molecule has 0 radical (unpaired) electrons. The van der Waals surface area contributed by atoms with E-state index in [9.17, 15) is 4.79 Å². The predicted octanol–water partition coefficient (Wildman–Crippen LogP) is 1.33. The van der Waals surface area contributed by atoms with Crippen LogP contribution in [0, 0.1) is 5.92 Å². The minimum atomic E-state index is -0.146. The molecular weight excluding hydrogens is 282 g/mol. The number of carbonyl (C=O) groups is 1. The van der Waals surface area contributed by atoms with Crippen molar-refractivity contribution in [3.63, 3.8) is 0 Å². The molecule has 120 valence electrons. The molecule has 2 rings (SSSR count). The Morgan fingerprint density at radius 1 is 1.36 bits per heavy atom. The summed E-state index contributed by atoms with van der Waals surface area (Å²) in [6.07, 6.45) is 1.62. The monoisotopic (exact) mass is 305 g/mol. The predicted molar refractivity (Wildman–Crippen MR) is 85.5 cm³/mol. The van der Waals surface area contributed by atoms with Gasteiger partial charge in [-0.3, -0.25) is 4.79 Å². The van der Waals surface area contributed by atoms with Crippen LogP contribution in [0.2, 0.25) is 0 Å². The molecule has 0 bridgehead atoms. The summed E-state index contributed by atoms with van der Waals surface area (Å²) in [6, 6.07) is 5.29. The summed E-state index contributed by atoms with van der Waals surface area (Å²) in [5.74, 6) is 1.25. The Kier molecular flexibility index (Phi) is 5.77. The van der Waals surface area contributed by atoms with Gasteiger partial charge in [0.05, 0.1) is 13.7 Å². The van der Waals surface area contributed by atoms with E-state index in [1.54, 1.807) is 25.3 Å². The van der Waals surface area contributed by atoms with Crippen LogP contribution in [0.25, 0.3) is 0 Å². The molecule has 0 saturated carbocycles. The number of hydrogen-bond donors (Lipinski definition) is 2. The number of nitrogens with zero attached hydrogens (tertiary/aromatic N) is 1. The molecule has 1 amide bonds. The third-order valence-corrected chi connectivity index (χ3v) is 3.68. The molecule has 0 aliphatic carbocycles. The lowest BCUT2D eigenvalue weighted by atomic mass is 9.97. The molecule has 22 heavy (non-hydrogen) atoms. The van der Waals surface area contributed by atoms with Crippen LogP contribution in [0.3, 0.4) is 0 Å². The SMILES string of the molecule is CCOc1ccc(C(N)=NC(=O)C2CCNCC2)cc1OC. The van der Waals surface area contributed by atoms with Crippen molar-refractivity contribution >= 4 is 11.7 Å². The van der Waals surface area contributed by atoms with Crippen LogP contribution in [-0.2, 0) is 4.79 Å². The van der Waals surface area contributed by atoms with Crippen LogP contribution in [0.1, 0.15) is 25.3 Å². The number of nitrogens with two attached hydrogens (primary N) is 1. The topological polar surface area (TPSA) is 85.9 Å². The van der Waals surface area contributed by atoms with E-state index in [2.05, 4.69) is 10.3 Å². The zero-order valence-electron chi connectivity index (χ0n) is 13.1. The van der Waals surface area contributed by atoms with Gasteiger partial charge in [-0.05, 0) is 51.1 Å². The summed E-state index contributed by atoms with van der Waals surface area (Å²) >= 11 is 0. The average molecular weight is 305 g/mol. The van der Waals surface area contributed by atoms with E-state index in [4.69, 9.17) is 15.2 Å². The molecule has 1 heterocycles. The Bertz CT molecular complexity index is 552. The van der Waals surface area contributed by atoms with Crippen molar-refractivity contribution in [2.24, 2.45) is 16.6 Å². The Labute approximate surface area is 130 Å². The van der Waals surface area contributed by atoms with Crippen molar-refractivity contribution in [3.05, 3.63) is 23.8 Å². The van der Waals surface area contributed by atoms with Gasteiger partial charge in [-0.1, -0.05) is 0 Å². The average Bonchev–Trinajstić information content (AvgIpc) is 2.56. The summed E-state index contributed by atoms with van der Waals surface area (Å²) in [4.78, 5) is 16.2. The van der Waals surface area contributed by atoms with E-state index in [0.29, 0.717) is 23.7 Å². The Hall–Kier alpha value is -2.08.